The van der Waals surface area contributed by atoms with E-state index < -0.39 is 0 Å². The van der Waals surface area contributed by atoms with Gasteiger partial charge in [0.25, 0.3) is 0 Å². The van der Waals surface area contributed by atoms with Crippen LogP contribution >= 0.6 is 15.9 Å². The molecular formula is C7H10BrNO. The molecule has 3 atom stereocenters. The van der Waals surface area contributed by atoms with Crippen molar-refractivity contribution in [1.82, 2.24) is 5.32 Å². The van der Waals surface area contributed by atoms with Crippen LogP contribution in [0.3, 0.4) is 0 Å². The van der Waals surface area contributed by atoms with Crippen molar-refractivity contribution in [2.45, 2.75) is 17.7 Å². The van der Waals surface area contributed by atoms with Crippen molar-refractivity contribution >= 4 is 21.8 Å². The molecule has 1 aliphatic carbocycles. The van der Waals surface area contributed by atoms with Gasteiger partial charge in [0.05, 0.1) is 5.92 Å². The number of hydrogen-bond donors (Lipinski definition) is 1. The van der Waals surface area contributed by atoms with Gasteiger partial charge in [-0.15, -0.1) is 0 Å². The highest BCUT2D eigenvalue weighted by atomic mass is 79.9. The van der Waals surface area contributed by atoms with E-state index >= 15 is 0 Å². The van der Waals surface area contributed by atoms with Gasteiger partial charge >= 0.3 is 0 Å². The zero-order valence-electron chi connectivity index (χ0n) is 5.64. The van der Waals surface area contributed by atoms with E-state index in [2.05, 4.69) is 21.2 Å². The first kappa shape index (κ1) is 6.65. The molecule has 0 aromatic heterocycles. The number of rotatable bonds is 0. The predicted molar refractivity (Wildman–Crippen MR) is 41.9 cm³/mol. The Bertz CT molecular complexity index is 171. The van der Waals surface area contributed by atoms with Crippen LogP contribution in [-0.2, 0) is 4.79 Å². The quantitative estimate of drug-likeness (QED) is 0.583. The maximum absolute atomic E-state index is 11.1. The summed E-state index contributed by atoms with van der Waals surface area (Å²) >= 11 is 3.56. The summed E-state index contributed by atoms with van der Waals surface area (Å²) in [6.45, 7) is 0.880. The van der Waals surface area contributed by atoms with Gasteiger partial charge in [-0.2, -0.15) is 0 Å². The number of piperidine rings is 1. The van der Waals surface area contributed by atoms with Crippen molar-refractivity contribution in [3.8, 4) is 0 Å². The largest absolute Gasteiger partial charge is 0.356 e. The van der Waals surface area contributed by atoms with Crippen molar-refractivity contribution in [3.63, 3.8) is 0 Å². The molecule has 2 aliphatic rings. The molecular weight excluding hydrogens is 194 g/mol. The molecule has 0 spiro atoms. The van der Waals surface area contributed by atoms with Gasteiger partial charge in [-0.1, -0.05) is 15.9 Å². The second-order valence-electron chi connectivity index (χ2n) is 3.13. The van der Waals surface area contributed by atoms with Crippen LogP contribution in [0.15, 0.2) is 0 Å². The molecule has 0 aromatic rings. The summed E-state index contributed by atoms with van der Waals surface area (Å²) < 4.78 is 0. The topological polar surface area (TPSA) is 29.1 Å². The van der Waals surface area contributed by atoms with Crippen LogP contribution in [-0.4, -0.2) is 17.3 Å². The summed E-state index contributed by atoms with van der Waals surface area (Å²) in [7, 11) is 0. The summed E-state index contributed by atoms with van der Waals surface area (Å²) in [6.07, 6.45) is 2.28. The third kappa shape index (κ3) is 0.797. The highest BCUT2D eigenvalue weighted by Crippen LogP contribution is 2.38. The zero-order chi connectivity index (χ0) is 7.14. The Hall–Kier alpha value is -0.0500. The molecule has 1 N–H and O–H groups in total. The maximum atomic E-state index is 11.1. The molecule has 10 heavy (non-hydrogen) atoms. The molecule has 56 valence electrons. The number of halogens is 1. The summed E-state index contributed by atoms with van der Waals surface area (Å²) in [5.74, 6) is 1.21. The van der Waals surface area contributed by atoms with Crippen LogP contribution in [0.1, 0.15) is 12.8 Å². The van der Waals surface area contributed by atoms with Crippen LogP contribution in [0, 0.1) is 11.8 Å². The fourth-order valence-corrected chi connectivity index (χ4v) is 2.85. The summed E-state index contributed by atoms with van der Waals surface area (Å²) in [5.41, 5.74) is 0. The van der Waals surface area contributed by atoms with Crippen molar-refractivity contribution in [2.24, 2.45) is 11.8 Å². The fourth-order valence-electron chi connectivity index (χ4n) is 1.89. The van der Waals surface area contributed by atoms with E-state index in [-0.39, 0.29) is 11.8 Å². The minimum absolute atomic E-state index is 0.246. The lowest BCUT2D eigenvalue weighted by atomic mass is 10.00. The molecule has 2 nitrogen and oxygen atoms in total. The average molecular weight is 204 g/mol. The van der Waals surface area contributed by atoms with Gasteiger partial charge < -0.3 is 5.32 Å². The van der Waals surface area contributed by atoms with E-state index in [9.17, 15) is 4.79 Å². The molecule has 1 saturated heterocycles. The Labute approximate surface area is 68.5 Å². The third-order valence-corrected chi connectivity index (χ3v) is 3.94. The number of fused-ring (bicyclic) bond motifs is 2. The van der Waals surface area contributed by atoms with Gasteiger partial charge in [0.1, 0.15) is 0 Å². The van der Waals surface area contributed by atoms with E-state index in [1.807, 2.05) is 0 Å². The van der Waals surface area contributed by atoms with E-state index in [0.717, 1.165) is 13.0 Å². The highest BCUT2D eigenvalue weighted by molar-refractivity contribution is 9.09. The molecule has 2 rings (SSSR count). The predicted octanol–water partition coefficient (Wildman–Crippen LogP) is 0.906. The standard InChI is InChI=1S/C7H10BrNO/c8-6-4-1-2-5(6)7(10)9-3-4/h4-6H,1-3H2,(H,9,10)/t4-,5-,6+/m1/s1. The van der Waals surface area contributed by atoms with Crippen molar-refractivity contribution in [2.75, 3.05) is 6.54 Å². The summed E-state index contributed by atoms with van der Waals surface area (Å²) in [6, 6.07) is 0. The third-order valence-electron chi connectivity index (χ3n) is 2.56. The summed E-state index contributed by atoms with van der Waals surface area (Å²) in [5, 5.41) is 2.91. The van der Waals surface area contributed by atoms with Crippen LogP contribution < -0.4 is 5.32 Å². The highest BCUT2D eigenvalue weighted by Gasteiger charge is 2.42. The second kappa shape index (κ2) is 2.22. The Balaban J connectivity index is 2.20. The average Bonchev–Trinajstić information content (AvgIpc) is 2.13. The number of nitrogens with one attached hydrogen (secondary N) is 1. The van der Waals surface area contributed by atoms with Crippen LogP contribution in [0.5, 0.6) is 0 Å². The second-order valence-corrected chi connectivity index (χ2v) is 4.19. The Morgan fingerprint density at radius 2 is 2.30 bits per heavy atom. The minimum atomic E-state index is 0.246. The van der Waals surface area contributed by atoms with E-state index in [4.69, 9.17) is 0 Å². The molecule has 0 aromatic carbocycles. The van der Waals surface area contributed by atoms with Crippen molar-refractivity contribution in [1.29, 1.82) is 0 Å². The molecule has 1 aliphatic heterocycles. The zero-order valence-corrected chi connectivity index (χ0v) is 7.23. The molecule has 2 fully saturated rings. The van der Waals surface area contributed by atoms with E-state index in [1.54, 1.807) is 0 Å². The molecule has 1 saturated carbocycles. The maximum Gasteiger partial charge on any atom is 0.224 e. The van der Waals surface area contributed by atoms with Gasteiger partial charge in [0.2, 0.25) is 5.91 Å². The molecule has 1 heterocycles. The molecule has 0 unspecified atom stereocenters. The lowest BCUT2D eigenvalue weighted by Gasteiger charge is -2.24. The first-order valence-electron chi connectivity index (χ1n) is 3.71. The van der Waals surface area contributed by atoms with Gasteiger partial charge in [0, 0.05) is 11.4 Å². The smallest absolute Gasteiger partial charge is 0.224 e. The van der Waals surface area contributed by atoms with Crippen LogP contribution in [0.2, 0.25) is 0 Å². The Kier molecular flexibility index (Phi) is 1.48. The van der Waals surface area contributed by atoms with Gasteiger partial charge in [-0.25, -0.2) is 0 Å². The number of hydrogen-bond acceptors (Lipinski definition) is 1. The van der Waals surface area contributed by atoms with Gasteiger partial charge in [-0.05, 0) is 18.8 Å². The molecule has 3 heteroatoms. The SMILES string of the molecule is O=C1NC[C@H]2CC[C@@H]1[C@H]2Br. The number of amides is 1. The van der Waals surface area contributed by atoms with Crippen LogP contribution in [0.25, 0.3) is 0 Å². The molecule has 1 amide bonds. The van der Waals surface area contributed by atoms with Crippen molar-refractivity contribution < 1.29 is 4.79 Å². The van der Waals surface area contributed by atoms with Crippen LogP contribution in [0.4, 0.5) is 0 Å². The fraction of sp³-hybridized carbons (Fsp3) is 0.857. The lowest BCUT2D eigenvalue weighted by Crippen LogP contribution is -2.43. The Morgan fingerprint density at radius 3 is 3.00 bits per heavy atom. The number of alkyl halides is 1. The first-order valence-corrected chi connectivity index (χ1v) is 4.62. The minimum Gasteiger partial charge on any atom is -0.356 e. The Morgan fingerprint density at radius 1 is 1.50 bits per heavy atom. The first-order chi connectivity index (χ1) is 4.79. The number of carbonyl (C=O) groups is 1. The lowest BCUT2D eigenvalue weighted by molar-refractivity contribution is -0.125. The molecule has 0 radical (unpaired) electrons. The summed E-state index contributed by atoms with van der Waals surface area (Å²) in [4.78, 5) is 11.6. The van der Waals surface area contributed by atoms with Gasteiger partial charge in [-0.3, -0.25) is 4.79 Å². The monoisotopic (exact) mass is 203 g/mol. The van der Waals surface area contributed by atoms with E-state index in [0.29, 0.717) is 10.7 Å². The molecule has 2 bridgehead atoms. The number of carbonyl (C=O) groups excluding carboxylic acids is 1. The van der Waals surface area contributed by atoms with E-state index in [1.165, 1.54) is 6.42 Å². The normalized spacial score (nSPS) is 45.3. The van der Waals surface area contributed by atoms with Crippen molar-refractivity contribution in [3.05, 3.63) is 0 Å². The van der Waals surface area contributed by atoms with Gasteiger partial charge in [0.15, 0.2) is 0 Å².